The predicted octanol–water partition coefficient (Wildman–Crippen LogP) is 5.24. The number of pyridine rings is 2. The highest BCUT2D eigenvalue weighted by Crippen LogP contribution is 2.36. The zero-order chi connectivity index (χ0) is 17.8. The van der Waals surface area contributed by atoms with E-state index in [1.54, 1.807) is 0 Å². The molecule has 0 aliphatic rings. The first kappa shape index (κ1) is 15.1. The van der Waals surface area contributed by atoms with Gasteiger partial charge in [0, 0.05) is 27.9 Å². The number of hydrogen-bond acceptors (Lipinski definition) is 2. The van der Waals surface area contributed by atoms with Crippen LogP contribution in [0.5, 0.6) is 0 Å². The molecule has 3 heterocycles. The van der Waals surface area contributed by atoms with Gasteiger partial charge in [0.15, 0.2) is 11.8 Å². The monoisotopic (exact) mass is 339 g/mol. The minimum atomic E-state index is 0.704. The van der Waals surface area contributed by atoms with Crippen LogP contribution >= 0.6 is 0 Å². The Morgan fingerprint density at radius 2 is 1.65 bits per heavy atom. The first-order valence-electron chi connectivity index (χ1n) is 8.80. The molecule has 0 atom stereocenters. The molecule has 5 aromatic rings. The normalized spacial score (nSPS) is 11.7. The van der Waals surface area contributed by atoms with E-state index in [4.69, 9.17) is 4.42 Å². The molecule has 0 radical (unpaired) electrons. The Balaban J connectivity index is 1.90. The fraction of sp³-hybridized carbons (Fsp3) is 0.130. The van der Waals surface area contributed by atoms with Gasteiger partial charge in [0.25, 0.3) is 0 Å². The van der Waals surface area contributed by atoms with Gasteiger partial charge in [-0.05, 0) is 43.0 Å². The number of furan rings is 1. The molecule has 0 bridgehead atoms. The van der Waals surface area contributed by atoms with E-state index in [-0.39, 0.29) is 0 Å². The third-order valence-corrected chi connectivity index (χ3v) is 5.11. The van der Waals surface area contributed by atoms with Crippen molar-refractivity contribution >= 4 is 32.8 Å². The summed E-state index contributed by atoms with van der Waals surface area (Å²) in [6, 6.07) is 19.1. The van der Waals surface area contributed by atoms with Gasteiger partial charge in [0.2, 0.25) is 11.4 Å². The molecular weight excluding hydrogens is 320 g/mol. The number of nitrogens with zero attached hydrogens (tertiary/aromatic N) is 2. The highest BCUT2D eigenvalue weighted by molar-refractivity contribution is 6.09. The molecule has 0 saturated carbocycles. The lowest BCUT2D eigenvalue weighted by Crippen LogP contribution is -2.30. The van der Waals surface area contributed by atoms with Crippen molar-refractivity contribution in [3.05, 3.63) is 72.1 Å². The molecule has 0 fully saturated rings. The lowest BCUT2D eigenvalue weighted by Gasteiger charge is -2.07. The van der Waals surface area contributed by atoms with Crippen molar-refractivity contribution in [1.29, 1.82) is 0 Å². The van der Waals surface area contributed by atoms with Crippen LogP contribution in [-0.2, 0) is 7.05 Å². The highest BCUT2D eigenvalue weighted by Gasteiger charge is 2.21. The summed E-state index contributed by atoms with van der Waals surface area (Å²) in [5.74, 6) is 0. The number of aryl methyl sites for hydroxylation is 3. The third kappa shape index (κ3) is 2.14. The second-order valence-corrected chi connectivity index (χ2v) is 6.94. The Labute approximate surface area is 151 Å². The van der Waals surface area contributed by atoms with E-state index in [1.807, 2.05) is 13.0 Å². The number of hydrogen-bond donors (Lipinski definition) is 0. The maximum atomic E-state index is 6.24. The van der Waals surface area contributed by atoms with Crippen LogP contribution in [0.25, 0.3) is 44.1 Å². The summed E-state index contributed by atoms with van der Waals surface area (Å²) in [7, 11) is 2.09. The van der Waals surface area contributed by atoms with E-state index in [2.05, 4.69) is 78.3 Å². The van der Waals surface area contributed by atoms with Crippen LogP contribution in [0.2, 0.25) is 0 Å². The zero-order valence-electron chi connectivity index (χ0n) is 15.1. The summed E-state index contributed by atoms with van der Waals surface area (Å²) in [6.45, 7) is 4.12. The van der Waals surface area contributed by atoms with Gasteiger partial charge >= 0.3 is 0 Å². The SMILES string of the molecule is Cc1ccc2c(n1)oc1c(-c3cc4ccccc4c[n+]3C)c(C)ccc12. The first-order valence-corrected chi connectivity index (χ1v) is 8.80. The molecule has 5 rings (SSSR count). The van der Waals surface area contributed by atoms with Crippen molar-refractivity contribution in [1.82, 2.24) is 4.98 Å². The minimum Gasteiger partial charge on any atom is -0.437 e. The number of rotatable bonds is 1. The number of benzene rings is 2. The van der Waals surface area contributed by atoms with Crippen LogP contribution in [0, 0.1) is 13.8 Å². The standard InChI is InChI=1S/C23H19N2O/c1-14-8-10-18-19-11-9-15(2)24-23(19)26-22(18)21(14)20-12-16-6-4-5-7-17(16)13-25(20)3/h4-13H,1-3H3/q+1. The predicted molar refractivity (Wildman–Crippen MR) is 105 cm³/mol. The lowest BCUT2D eigenvalue weighted by molar-refractivity contribution is -0.659. The maximum Gasteiger partial charge on any atom is 0.227 e. The van der Waals surface area contributed by atoms with Gasteiger partial charge in [-0.3, -0.25) is 0 Å². The Bertz CT molecular complexity index is 1310. The zero-order valence-corrected chi connectivity index (χ0v) is 15.1. The van der Waals surface area contributed by atoms with Crippen LogP contribution in [0.1, 0.15) is 11.3 Å². The van der Waals surface area contributed by atoms with E-state index >= 15 is 0 Å². The molecule has 0 amide bonds. The van der Waals surface area contributed by atoms with Crippen LogP contribution in [0.4, 0.5) is 0 Å². The lowest BCUT2D eigenvalue weighted by atomic mass is 9.99. The van der Waals surface area contributed by atoms with E-state index < -0.39 is 0 Å². The van der Waals surface area contributed by atoms with Gasteiger partial charge in [-0.2, -0.15) is 0 Å². The molecular formula is C23H19N2O+. The van der Waals surface area contributed by atoms with Crippen molar-refractivity contribution in [2.45, 2.75) is 13.8 Å². The van der Waals surface area contributed by atoms with Crippen LogP contribution in [0.15, 0.2) is 65.2 Å². The maximum absolute atomic E-state index is 6.24. The van der Waals surface area contributed by atoms with Crippen molar-refractivity contribution in [3.8, 4) is 11.3 Å². The molecule has 3 heteroatoms. The average molecular weight is 339 g/mol. The molecule has 2 aromatic carbocycles. The van der Waals surface area contributed by atoms with Crippen molar-refractivity contribution in [3.63, 3.8) is 0 Å². The van der Waals surface area contributed by atoms with Crippen LogP contribution in [-0.4, -0.2) is 4.98 Å². The van der Waals surface area contributed by atoms with Gasteiger partial charge in [0.1, 0.15) is 7.05 Å². The Morgan fingerprint density at radius 3 is 2.50 bits per heavy atom. The Kier molecular flexibility index (Phi) is 3.13. The second-order valence-electron chi connectivity index (χ2n) is 6.94. The first-order chi connectivity index (χ1) is 12.6. The molecule has 26 heavy (non-hydrogen) atoms. The molecule has 3 nitrogen and oxygen atoms in total. The van der Waals surface area contributed by atoms with Crippen molar-refractivity contribution < 1.29 is 8.98 Å². The smallest absolute Gasteiger partial charge is 0.227 e. The van der Waals surface area contributed by atoms with Crippen LogP contribution in [0.3, 0.4) is 0 Å². The highest BCUT2D eigenvalue weighted by atomic mass is 16.3. The topological polar surface area (TPSA) is 29.9 Å². The molecule has 126 valence electrons. The van der Waals surface area contributed by atoms with E-state index in [0.29, 0.717) is 5.71 Å². The summed E-state index contributed by atoms with van der Waals surface area (Å²) in [5, 5.41) is 4.63. The van der Waals surface area contributed by atoms with Gasteiger partial charge in [-0.15, -0.1) is 0 Å². The van der Waals surface area contributed by atoms with Gasteiger partial charge in [-0.25, -0.2) is 9.55 Å². The summed E-state index contributed by atoms with van der Waals surface area (Å²) in [4.78, 5) is 4.58. The summed E-state index contributed by atoms with van der Waals surface area (Å²) in [6.07, 6.45) is 2.17. The number of aromatic nitrogens is 2. The van der Waals surface area contributed by atoms with Crippen molar-refractivity contribution in [2.75, 3.05) is 0 Å². The minimum absolute atomic E-state index is 0.704. The molecule has 3 aromatic heterocycles. The fourth-order valence-electron chi connectivity index (χ4n) is 3.77. The number of fused-ring (bicyclic) bond motifs is 4. The quantitative estimate of drug-likeness (QED) is 0.391. The third-order valence-electron chi connectivity index (χ3n) is 5.11. The Hall–Kier alpha value is -3.20. The summed E-state index contributed by atoms with van der Waals surface area (Å²) >= 11 is 0. The van der Waals surface area contributed by atoms with Gasteiger partial charge in [0.05, 0.1) is 5.56 Å². The molecule has 0 unspecified atom stereocenters. The van der Waals surface area contributed by atoms with E-state index in [1.165, 1.54) is 16.3 Å². The molecule has 0 aliphatic heterocycles. The Morgan fingerprint density at radius 1 is 0.885 bits per heavy atom. The van der Waals surface area contributed by atoms with Crippen LogP contribution < -0.4 is 4.57 Å². The van der Waals surface area contributed by atoms with Gasteiger partial charge in [-0.1, -0.05) is 30.3 Å². The molecule has 0 N–H and O–H groups in total. The molecule has 0 aliphatic carbocycles. The van der Waals surface area contributed by atoms with Crippen molar-refractivity contribution in [2.24, 2.45) is 7.05 Å². The molecule has 0 spiro atoms. The fourth-order valence-corrected chi connectivity index (χ4v) is 3.77. The molecule has 0 saturated heterocycles. The van der Waals surface area contributed by atoms with E-state index in [9.17, 15) is 0 Å². The van der Waals surface area contributed by atoms with Gasteiger partial charge < -0.3 is 4.42 Å². The second kappa shape index (κ2) is 5.40. The summed E-state index contributed by atoms with van der Waals surface area (Å²) in [5.41, 5.74) is 6.04. The summed E-state index contributed by atoms with van der Waals surface area (Å²) < 4.78 is 8.42. The average Bonchev–Trinajstić information content (AvgIpc) is 2.98. The largest absolute Gasteiger partial charge is 0.437 e. The van der Waals surface area contributed by atoms with E-state index in [0.717, 1.165) is 33.3 Å².